The molecule has 0 saturated carbocycles. The second-order valence-electron chi connectivity index (χ2n) is 6.42. The van der Waals surface area contributed by atoms with Crippen LogP contribution in [0.2, 0.25) is 0 Å². The quantitative estimate of drug-likeness (QED) is 0.400. The van der Waals surface area contributed by atoms with Crippen LogP contribution in [0, 0.1) is 18.3 Å². The molecule has 0 fully saturated rings. The van der Waals surface area contributed by atoms with Crippen LogP contribution >= 0.6 is 22.7 Å². The molecule has 0 unspecified atom stereocenters. The van der Waals surface area contributed by atoms with Crippen molar-refractivity contribution < 1.29 is 14.3 Å². The summed E-state index contributed by atoms with van der Waals surface area (Å²) in [5, 5.41) is 13.6. The third-order valence-electron chi connectivity index (χ3n) is 4.36. The lowest BCUT2D eigenvalue weighted by molar-refractivity contribution is -0.116. The van der Waals surface area contributed by atoms with Gasteiger partial charge in [-0.2, -0.15) is 5.26 Å². The van der Waals surface area contributed by atoms with E-state index in [1.807, 2.05) is 18.2 Å². The summed E-state index contributed by atoms with van der Waals surface area (Å²) in [6, 6.07) is 10.1. The Bertz CT molecular complexity index is 1050. The summed E-state index contributed by atoms with van der Waals surface area (Å²) in [7, 11) is 0. The summed E-state index contributed by atoms with van der Waals surface area (Å²) in [5.74, 6) is -0.634. The number of thiazole rings is 1. The molecule has 0 radical (unpaired) electrons. The van der Waals surface area contributed by atoms with Gasteiger partial charge in [-0.25, -0.2) is 9.78 Å². The Morgan fingerprint density at radius 2 is 2.03 bits per heavy atom. The average molecular weight is 428 g/mol. The van der Waals surface area contributed by atoms with E-state index in [0.717, 1.165) is 41.1 Å². The summed E-state index contributed by atoms with van der Waals surface area (Å²) >= 11 is 2.77. The van der Waals surface area contributed by atoms with Crippen molar-refractivity contribution in [2.45, 2.75) is 39.5 Å². The van der Waals surface area contributed by atoms with Gasteiger partial charge in [0.2, 0.25) is 5.91 Å². The van der Waals surface area contributed by atoms with Crippen LogP contribution in [0.3, 0.4) is 0 Å². The smallest absolute Gasteiger partial charge is 0.348 e. The molecule has 29 heavy (non-hydrogen) atoms. The number of aryl methyl sites for hydroxylation is 1. The maximum Gasteiger partial charge on any atom is 0.348 e. The number of carbonyl (C=O) groups is 2. The third-order valence-corrected chi connectivity index (χ3v) is 6.64. The van der Waals surface area contributed by atoms with Gasteiger partial charge in [0.25, 0.3) is 0 Å². The molecule has 2 aromatic heterocycles. The molecule has 1 N–H and O–H groups in total. The summed E-state index contributed by atoms with van der Waals surface area (Å²) in [6.07, 6.45) is 2.76. The Hall–Kier alpha value is -2.76. The molecule has 0 aliphatic heterocycles. The normalized spacial score (nSPS) is 10.7. The van der Waals surface area contributed by atoms with Crippen LogP contribution in [-0.4, -0.2) is 23.5 Å². The van der Waals surface area contributed by atoms with E-state index in [0.29, 0.717) is 27.4 Å². The van der Waals surface area contributed by atoms with Crippen LogP contribution in [0.1, 0.15) is 52.0 Å². The Kier molecular flexibility index (Phi) is 6.96. The van der Waals surface area contributed by atoms with Crippen LogP contribution in [0.5, 0.6) is 0 Å². The number of hydrogen-bond donors (Lipinski definition) is 1. The molecule has 0 spiro atoms. The first-order chi connectivity index (χ1) is 14.0. The molecule has 1 amide bonds. The first-order valence-electron chi connectivity index (χ1n) is 9.38. The number of nitrogens with one attached hydrogen (secondary N) is 1. The first-order valence-corrected chi connectivity index (χ1v) is 11.0. The Morgan fingerprint density at radius 1 is 1.24 bits per heavy atom. The van der Waals surface area contributed by atoms with Crippen LogP contribution in [0.15, 0.2) is 24.3 Å². The number of nitrogens with zero attached hydrogens (tertiary/aromatic N) is 2. The molecule has 0 aliphatic rings. The van der Waals surface area contributed by atoms with Gasteiger partial charge in [0.15, 0.2) is 0 Å². The van der Waals surface area contributed by atoms with Gasteiger partial charge in [0.1, 0.15) is 15.9 Å². The van der Waals surface area contributed by atoms with Crippen LogP contribution in [-0.2, 0) is 16.0 Å². The second kappa shape index (κ2) is 9.63. The van der Waals surface area contributed by atoms with Gasteiger partial charge in [-0.1, -0.05) is 12.1 Å². The van der Waals surface area contributed by atoms with E-state index in [1.165, 1.54) is 4.70 Å². The van der Waals surface area contributed by atoms with Crippen LogP contribution < -0.4 is 5.32 Å². The molecule has 0 aliphatic carbocycles. The molecule has 0 atom stereocenters. The van der Waals surface area contributed by atoms with E-state index >= 15 is 0 Å². The SMILES string of the molecule is CCOC(=O)c1sc(NC(=O)CCCCc2nc3ccccc3s2)c(C#N)c1C. The average Bonchev–Trinajstić information content (AvgIpc) is 3.25. The van der Waals surface area contributed by atoms with Crippen molar-refractivity contribution in [3.8, 4) is 6.07 Å². The summed E-state index contributed by atoms with van der Waals surface area (Å²) in [5.41, 5.74) is 1.88. The maximum absolute atomic E-state index is 12.3. The summed E-state index contributed by atoms with van der Waals surface area (Å²) < 4.78 is 6.19. The summed E-state index contributed by atoms with van der Waals surface area (Å²) in [6.45, 7) is 3.67. The first kappa shape index (κ1) is 21.0. The number of benzene rings is 1. The predicted octanol–water partition coefficient (Wildman–Crippen LogP) is 5.07. The van der Waals surface area contributed by atoms with Gasteiger partial charge in [-0.15, -0.1) is 22.7 Å². The van der Waals surface area contributed by atoms with E-state index in [9.17, 15) is 14.9 Å². The van der Waals surface area contributed by atoms with Crippen molar-refractivity contribution >= 4 is 49.8 Å². The fraction of sp³-hybridized carbons (Fsp3) is 0.333. The minimum Gasteiger partial charge on any atom is -0.462 e. The molecule has 150 valence electrons. The topological polar surface area (TPSA) is 92.1 Å². The number of ether oxygens (including phenoxy) is 1. The van der Waals surface area contributed by atoms with E-state index in [-0.39, 0.29) is 12.5 Å². The largest absolute Gasteiger partial charge is 0.462 e. The van der Waals surface area contributed by atoms with Crippen molar-refractivity contribution in [3.05, 3.63) is 45.3 Å². The number of esters is 1. The van der Waals surface area contributed by atoms with E-state index < -0.39 is 5.97 Å². The number of para-hydroxylation sites is 1. The Balaban J connectivity index is 1.53. The second-order valence-corrected chi connectivity index (χ2v) is 8.56. The number of hydrogen-bond acceptors (Lipinski definition) is 7. The fourth-order valence-corrected chi connectivity index (χ4v) is 4.98. The zero-order valence-corrected chi connectivity index (χ0v) is 17.9. The number of amides is 1. The highest BCUT2D eigenvalue weighted by molar-refractivity contribution is 7.18. The molecular weight excluding hydrogens is 406 g/mol. The van der Waals surface area contributed by atoms with Gasteiger partial charge in [0, 0.05) is 6.42 Å². The fourth-order valence-electron chi connectivity index (χ4n) is 2.91. The maximum atomic E-state index is 12.3. The standard InChI is InChI=1S/C21H21N3O3S2/c1-3-27-21(26)19-13(2)14(12-22)20(29-19)24-17(25)10-6-7-11-18-23-15-8-4-5-9-16(15)28-18/h4-5,8-9H,3,6-7,10-11H2,1-2H3,(H,24,25). The van der Waals surface area contributed by atoms with Crippen molar-refractivity contribution in [2.24, 2.45) is 0 Å². The van der Waals surface area contributed by atoms with Crippen LogP contribution in [0.25, 0.3) is 10.2 Å². The van der Waals surface area contributed by atoms with Gasteiger partial charge >= 0.3 is 5.97 Å². The number of nitriles is 1. The third kappa shape index (κ3) is 5.00. The molecule has 0 saturated heterocycles. The number of aromatic nitrogens is 1. The molecule has 0 bridgehead atoms. The zero-order valence-electron chi connectivity index (χ0n) is 16.3. The molecule has 2 heterocycles. The minimum atomic E-state index is -0.470. The number of fused-ring (bicyclic) bond motifs is 1. The molecule has 3 rings (SSSR count). The number of carbonyl (C=O) groups excluding carboxylic acids is 2. The lowest BCUT2D eigenvalue weighted by Gasteiger charge is -2.03. The lowest BCUT2D eigenvalue weighted by Crippen LogP contribution is -2.11. The van der Waals surface area contributed by atoms with E-state index in [4.69, 9.17) is 4.74 Å². The van der Waals surface area contributed by atoms with Crippen LogP contribution in [0.4, 0.5) is 5.00 Å². The van der Waals surface area contributed by atoms with Gasteiger partial charge in [-0.3, -0.25) is 4.79 Å². The van der Waals surface area contributed by atoms with E-state index in [1.54, 1.807) is 25.2 Å². The van der Waals surface area contributed by atoms with Gasteiger partial charge < -0.3 is 10.1 Å². The monoisotopic (exact) mass is 427 g/mol. The Labute approximate surface area is 177 Å². The predicted molar refractivity (Wildman–Crippen MR) is 116 cm³/mol. The molecular formula is C21H21N3O3S2. The van der Waals surface area contributed by atoms with Crippen molar-refractivity contribution in [2.75, 3.05) is 11.9 Å². The number of thiophene rings is 1. The number of unbranched alkanes of at least 4 members (excludes halogenated alkanes) is 1. The number of anilines is 1. The van der Waals surface area contributed by atoms with Crippen molar-refractivity contribution in [3.63, 3.8) is 0 Å². The highest BCUT2D eigenvalue weighted by atomic mass is 32.1. The lowest BCUT2D eigenvalue weighted by atomic mass is 10.1. The molecule has 3 aromatic rings. The van der Waals surface area contributed by atoms with Crippen molar-refractivity contribution in [1.82, 2.24) is 4.98 Å². The minimum absolute atomic E-state index is 0.164. The van der Waals surface area contributed by atoms with Gasteiger partial charge in [-0.05, 0) is 50.8 Å². The highest BCUT2D eigenvalue weighted by Gasteiger charge is 2.22. The van der Waals surface area contributed by atoms with Crippen molar-refractivity contribution in [1.29, 1.82) is 5.26 Å². The zero-order chi connectivity index (χ0) is 20.8. The molecule has 1 aromatic carbocycles. The van der Waals surface area contributed by atoms with E-state index in [2.05, 4.69) is 22.4 Å². The molecule has 6 nitrogen and oxygen atoms in total. The Morgan fingerprint density at radius 3 is 2.76 bits per heavy atom. The summed E-state index contributed by atoms with van der Waals surface area (Å²) in [4.78, 5) is 29.3. The molecule has 8 heteroatoms. The highest BCUT2D eigenvalue weighted by Crippen LogP contribution is 2.33. The van der Waals surface area contributed by atoms with Gasteiger partial charge in [0.05, 0.1) is 27.4 Å². The number of rotatable bonds is 8.